The molecule has 0 bridgehead atoms. The van der Waals surface area contributed by atoms with Crippen molar-refractivity contribution >= 4 is 5.91 Å². The molecule has 2 heterocycles. The van der Waals surface area contributed by atoms with Crippen LogP contribution in [-0.2, 0) is 4.79 Å². The van der Waals surface area contributed by atoms with E-state index in [4.69, 9.17) is 9.26 Å². The summed E-state index contributed by atoms with van der Waals surface area (Å²) in [6, 6.07) is 7.54. The minimum absolute atomic E-state index is 0.110. The second-order valence-electron chi connectivity index (χ2n) is 5.48. The Balaban J connectivity index is 1.65. The third-order valence-electron chi connectivity index (χ3n) is 3.94. The fraction of sp³-hybridized carbons (Fsp3) is 0.353. The highest BCUT2D eigenvalue weighted by atomic mass is 16.5. The van der Waals surface area contributed by atoms with Gasteiger partial charge in [0.25, 0.3) is 0 Å². The van der Waals surface area contributed by atoms with Gasteiger partial charge in [-0.25, -0.2) is 0 Å². The van der Waals surface area contributed by atoms with E-state index in [-0.39, 0.29) is 11.8 Å². The predicted molar refractivity (Wildman–Crippen MR) is 85.0 cm³/mol. The monoisotopic (exact) mass is 313 g/mol. The first-order chi connectivity index (χ1) is 11.2. The molecule has 0 spiro atoms. The van der Waals surface area contributed by atoms with E-state index in [1.165, 1.54) is 0 Å². The molecular formula is C17H19N3O3. The third kappa shape index (κ3) is 3.11. The largest absolute Gasteiger partial charge is 0.496 e. The number of methoxy groups -OCH3 is 1. The van der Waals surface area contributed by atoms with Gasteiger partial charge in [0, 0.05) is 19.5 Å². The van der Waals surface area contributed by atoms with Crippen LogP contribution in [-0.4, -0.2) is 41.1 Å². The number of carbonyl (C=O) groups excluding carboxylic acids is 1. The van der Waals surface area contributed by atoms with Crippen molar-refractivity contribution in [3.63, 3.8) is 0 Å². The highest BCUT2D eigenvalue weighted by Gasteiger charge is 2.35. The van der Waals surface area contributed by atoms with Crippen molar-refractivity contribution in [3.05, 3.63) is 42.8 Å². The molecule has 1 saturated heterocycles. The number of hydrogen-bond acceptors (Lipinski definition) is 5. The molecule has 1 aliphatic rings. The lowest BCUT2D eigenvalue weighted by Gasteiger charge is -2.37. The molecule has 1 amide bonds. The van der Waals surface area contributed by atoms with Gasteiger partial charge in [0.05, 0.1) is 18.6 Å². The summed E-state index contributed by atoms with van der Waals surface area (Å²) in [6.45, 7) is 4.89. The summed E-state index contributed by atoms with van der Waals surface area (Å²) >= 11 is 0. The maximum absolute atomic E-state index is 11.9. The second kappa shape index (κ2) is 6.64. The number of para-hydroxylation sites is 1. The maximum Gasteiger partial charge on any atom is 0.233 e. The van der Waals surface area contributed by atoms with Gasteiger partial charge in [-0.1, -0.05) is 23.4 Å². The van der Waals surface area contributed by atoms with Crippen LogP contribution in [0.1, 0.15) is 24.7 Å². The highest BCUT2D eigenvalue weighted by molar-refractivity contribution is 5.77. The smallest absolute Gasteiger partial charge is 0.233 e. The van der Waals surface area contributed by atoms with Crippen LogP contribution < -0.4 is 4.74 Å². The summed E-state index contributed by atoms with van der Waals surface area (Å²) in [5.74, 6) is 2.03. The van der Waals surface area contributed by atoms with Gasteiger partial charge < -0.3 is 14.2 Å². The van der Waals surface area contributed by atoms with Crippen LogP contribution in [0.15, 0.2) is 41.4 Å². The molecule has 1 aromatic heterocycles. The zero-order valence-electron chi connectivity index (χ0n) is 13.1. The summed E-state index contributed by atoms with van der Waals surface area (Å²) in [5.41, 5.74) is 0.795. The van der Waals surface area contributed by atoms with Crippen LogP contribution in [0, 0.1) is 0 Å². The Labute approximate surface area is 134 Å². The van der Waals surface area contributed by atoms with Crippen molar-refractivity contribution in [2.45, 2.75) is 18.8 Å². The van der Waals surface area contributed by atoms with Crippen molar-refractivity contribution in [3.8, 4) is 17.1 Å². The van der Waals surface area contributed by atoms with E-state index in [0.717, 1.165) is 5.56 Å². The van der Waals surface area contributed by atoms with E-state index in [1.807, 2.05) is 24.3 Å². The van der Waals surface area contributed by atoms with Gasteiger partial charge in [-0.05, 0) is 18.6 Å². The number of hydrogen-bond donors (Lipinski definition) is 0. The minimum atomic E-state index is 0.110. The van der Waals surface area contributed by atoms with Gasteiger partial charge >= 0.3 is 0 Å². The zero-order chi connectivity index (χ0) is 16.2. The average molecular weight is 313 g/mol. The molecule has 120 valence electrons. The number of rotatable bonds is 6. The lowest BCUT2D eigenvalue weighted by molar-refractivity contribution is -0.135. The van der Waals surface area contributed by atoms with E-state index in [0.29, 0.717) is 43.4 Å². The molecule has 23 heavy (non-hydrogen) atoms. The lowest BCUT2D eigenvalue weighted by atomic mass is 9.99. The molecule has 3 rings (SSSR count). The molecule has 0 saturated carbocycles. The Hall–Kier alpha value is -2.63. The van der Waals surface area contributed by atoms with Gasteiger partial charge in [-0.15, -0.1) is 6.58 Å². The molecule has 1 aromatic carbocycles. The number of allylic oxidation sites excluding steroid dienone is 1. The number of likely N-dealkylation sites (tertiary alicyclic amines) is 1. The van der Waals surface area contributed by atoms with Crippen LogP contribution in [0.3, 0.4) is 0 Å². The SMILES string of the molecule is C=CCCC(=O)N1CC(c2nc(-c3ccccc3OC)no2)C1. The zero-order valence-corrected chi connectivity index (χ0v) is 13.1. The predicted octanol–water partition coefficient (Wildman–Crippen LogP) is 2.64. The molecule has 6 heteroatoms. The van der Waals surface area contributed by atoms with Crippen LogP contribution in [0.25, 0.3) is 11.4 Å². The Morgan fingerprint density at radius 1 is 1.48 bits per heavy atom. The Morgan fingerprint density at radius 2 is 2.26 bits per heavy atom. The highest BCUT2D eigenvalue weighted by Crippen LogP contribution is 2.31. The Morgan fingerprint density at radius 3 is 3.00 bits per heavy atom. The van der Waals surface area contributed by atoms with Crippen molar-refractivity contribution in [2.24, 2.45) is 0 Å². The molecule has 0 unspecified atom stereocenters. The summed E-state index contributed by atoms with van der Waals surface area (Å²) in [5, 5.41) is 4.03. The van der Waals surface area contributed by atoms with Gasteiger partial charge in [-0.2, -0.15) is 4.98 Å². The number of ether oxygens (including phenoxy) is 1. The van der Waals surface area contributed by atoms with E-state index in [1.54, 1.807) is 18.1 Å². The third-order valence-corrected chi connectivity index (χ3v) is 3.94. The summed E-state index contributed by atoms with van der Waals surface area (Å²) in [7, 11) is 1.61. The van der Waals surface area contributed by atoms with Crippen LogP contribution >= 0.6 is 0 Å². The lowest BCUT2D eigenvalue weighted by Crippen LogP contribution is -2.48. The second-order valence-corrected chi connectivity index (χ2v) is 5.48. The summed E-state index contributed by atoms with van der Waals surface area (Å²) in [6.07, 6.45) is 2.97. The van der Waals surface area contributed by atoms with Crippen LogP contribution in [0.4, 0.5) is 0 Å². The maximum atomic E-state index is 11.9. The van der Waals surface area contributed by atoms with Gasteiger partial charge in [0.1, 0.15) is 5.75 Å². The van der Waals surface area contributed by atoms with Crippen LogP contribution in [0.2, 0.25) is 0 Å². The standard InChI is InChI=1S/C17H19N3O3/c1-3-4-9-15(21)20-10-12(11-20)17-18-16(19-23-17)13-7-5-6-8-14(13)22-2/h3,5-8,12H,1,4,9-11H2,2H3. The molecule has 2 aromatic rings. The molecule has 6 nitrogen and oxygen atoms in total. The number of carbonyl (C=O) groups is 1. The first-order valence-electron chi connectivity index (χ1n) is 7.58. The first-order valence-corrected chi connectivity index (χ1v) is 7.58. The minimum Gasteiger partial charge on any atom is -0.496 e. The van der Waals surface area contributed by atoms with Gasteiger partial charge in [-0.3, -0.25) is 4.79 Å². The topological polar surface area (TPSA) is 68.5 Å². The Bertz CT molecular complexity index is 705. The van der Waals surface area contributed by atoms with Gasteiger partial charge in [0.15, 0.2) is 0 Å². The quantitative estimate of drug-likeness (QED) is 0.767. The molecule has 1 fully saturated rings. The van der Waals surface area contributed by atoms with E-state index in [2.05, 4.69) is 16.7 Å². The first kappa shape index (κ1) is 15.3. The van der Waals surface area contributed by atoms with E-state index >= 15 is 0 Å². The van der Waals surface area contributed by atoms with Crippen molar-refractivity contribution in [1.29, 1.82) is 0 Å². The molecule has 0 aliphatic carbocycles. The van der Waals surface area contributed by atoms with Crippen molar-refractivity contribution in [1.82, 2.24) is 15.0 Å². The van der Waals surface area contributed by atoms with E-state index in [9.17, 15) is 4.79 Å². The number of benzene rings is 1. The number of nitrogens with zero attached hydrogens (tertiary/aromatic N) is 3. The Kier molecular flexibility index (Phi) is 4.41. The van der Waals surface area contributed by atoms with Crippen LogP contribution in [0.5, 0.6) is 5.75 Å². The van der Waals surface area contributed by atoms with E-state index < -0.39 is 0 Å². The van der Waals surface area contributed by atoms with Crippen molar-refractivity contribution in [2.75, 3.05) is 20.2 Å². The molecule has 0 N–H and O–H groups in total. The number of amides is 1. The molecular weight excluding hydrogens is 294 g/mol. The molecule has 0 atom stereocenters. The summed E-state index contributed by atoms with van der Waals surface area (Å²) < 4.78 is 10.7. The number of aromatic nitrogens is 2. The normalized spacial score (nSPS) is 14.4. The molecule has 1 aliphatic heterocycles. The average Bonchev–Trinajstić information content (AvgIpc) is 3.00. The fourth-order valence-electron chi connectivity index (χ4n) is 2.56. The molecule has 0 radical (unpaired) electrons. The van der Waals surface area contributed by atoms with Gasteiger partial charge in [0.2, 0.25) is 17.6 Å². The fourth-order valence-corrected chi connectivity index (χ4v) is 2.56. The summed E-state index contributed by atoms with van der Waals surface area (Å²) in [4.78, 5) is 18.1. The van der Waals surface area contributed by atoms with Crippen molar-refractivity contribution < 1.29 is 14.1 Å².